The molecule has 0 aromatic heterocycles. The Bertz CT molecular complexity index is 1030. The quantitative estimate of drug-likeness (QED) is 0.464. The van der Waals surface area contributed by atoms with Crippen molar-refractivity contribution in [2.45, 2.75) is 31.6 Å². The minimum absolute atomic E-state index is 0.206. The summed E-state index contributed by atoms with van der Waals surface area (Å²) < 4.78 is 38.3. The van der Waals surface area contributed by atoms with Gasteiger partial charge in [0.25, 0.3) is 0 Å². The summed E-state index contributed by atoms with van der Waals surface area (Å²) in [7, 11) is 1.95. The lowest BCUT2D eigenvalue weighted by atomic mass is 10.1. The molecule has 30 heavy (non-hydrogen) atoms. The Morgan fingerprint density at radius 3 is 2.50 bits per heavy atom. The number of halogens is 4. The lowest BCUT2D eigenvalue weighted by molar-refractivity contribution is -0.137. The van der Waals surface area contributed by atoms with Gasteiger partial charge in [-0.15, -0.1) is 0 Å². The molecule has 1 aliphatic carbocycles. The summed E-state index contributed by atoms with van der Waals surface area (Å²) in [5.74, 6) is 0. The van der Waals surface area contributed by atoms with Crippen LogP contribution >= 0.6 is 11.6 Å². The third kappa shape index (κ3) is 4.57. The van der Waals surface area contributed by atoms with Crippen molar-refractivity contribution in [2.24, 2.45) is 0 Å². The van der Waals surface area contributed by atoms with Crippen molar-refractivity contribution >= 4 is 23.0 Å². The van der Waals surface area contributed by atoms with Gasteiger partial charge in [0.1, 0.15) is 0 Å². The molecular formula is C24H22ClF3N2. The van der Waals surface area contributed by atoms with Gasteiger partial charge in [0, 0.05) is 30.0 Å². The lowest BCUT2D eigenvalue weighted by Crippen LogP contribution is -2.17. The zero-order valence-electron chi connectivity index (χ0n) is 16.5. The molecule has 4 rings (SSSR count). The van der Waals surface area contributed by atoms with Crippen LogP contribution in [-0.2, 0) is 19.1 Å². The average Bonchev–Trinajstić information content (AvgIpc) is 3.10. The minimum atomic E-state index is -4.31. The number of hydrogen-bond donors (Lipinski definition) is 1. The molecule has 1 unspecified atom stereocenters. The molecule has 6 heteroatoms. The Kier molecular flexibility index (Phi) is 5.65. The van der Waals surface area contributed by atoms with E-state index in [1.54, 1.807) is 0 Å². The van der Waals surface area contributed by atoms with Gasteiger partial charge >= 0.3 is 6.18 Å². The third-order valence-electron chi connectivity index (χ3n) is 5.51. The third-order valence-corrected chi connectivity index (χ3v) is 5.75. The number of benzene rings is 3. The molecule has 0 bridgehead atoms. The average molecular weight is 431 g/mol. The standard InChI is InChI=1S/C24H22ClF3N2/c1-30(15-16-5-9-18(10-6-16)24(26,27)28)21-11-7-17-8-12-23(22(17)14-21)29-20-4-2-3-19(25)13-20/h2-7,9-11,13-14,23,29H,8,12,15H2,1H3. The van der Waals surface area contributed by atoms with Crippen molar-refractivity contribution in [1.29, 1.82) is 0 Å². The van der Waals surface area contributed by atoms with Crippen LogP contribution in [0, 0.1) is 0 Å². The number of alkyl halides is 3. The van der Waals surface area contributed by atoms with Gasteiger partial charge in [0.2, 0.25) is 0 Å². The van der Waals surface area contributed by atoms with Crippen molar-refractivity contribution < 1.29 is 13.2 Å². The zero-order chi connectivity index (χ0) is 21.3. The van der Waals surface area contributed by atoms with Gasteiger partial charge < -0.3 is 10.2 Å². The van der Waals surface area contributed by atoms with E-state index in [1.165, 1.54) is 23.3 Å². The van der Waals surface area contributed by atoms with Crippen LogP contribution in [0.3, 0.4) is 0 Å². The van der Waals surface area contributed by atoms with Crippen LogP contribution < -0.4 is 10.2 Å². The van der Waals surface area contributed by atoms with Crippen LogP contribution in [0.2, 0.25) is 5.02 Å². The van der Waals surface area contributed by atoms with Crippen molar-refractivity contribution in [2.75, 3.05) is 17.3 Å². The van der Waals surface area contributed by atoms with Gasteiger partial charge in [-0.25, -0.2) is 0 Å². The van der Waals surface area contributed by atoms with E-state index in [1.807, 2.05) is 31.3 Å². The molecule has 1 atom stereocenters. The van der Waals surface area contributed by atoms with E-state index in [0.717, 1.165) is 41.9 Å². The molecule has 0 heterocycles. The first-order valence-corrected chi connectivity index (χ1v) is 10.2. The van der Waals surface area contributed by atoms with Gasteiger partial charge in [-0.05, 0) is 72.0 Å². The van der Waals surface area contributed by atoms with Crippen molar-refractivity contribution in [3.05, 3.63) is 94.0 Å². The van der Waals surface area contributed by atoms with E-state index in [-0.39, 0.29) is 6.04 Å². The van der Waals surface area contributed by atoms with Crippen LogP contribution in [-0.4, -0.2) is 7.05 Å². The second kappa shape index (κ2) is 8.23. The summed E-state index contributed by atoms with van der Waals surface area (Å²) >= 11 is 6.10. The monoisotopic (exact) mass is 430 g/mol. The molecule has 156 valence electrons. The van der Waals surface area contributed by atoms with Gasteiger partial charge in [0.15, 0.2) is 0 Å². The minimum Gasteiger partial charge on any atom is -0.378 e. The smallest absolute Gasteiger partial charge is 0.378 e. The fraction of sp³-hybridized carbons (Fsp3) is 0.250. The van der Waals surface area contributed by atoms with Crippen molar-refractivity contribution in [1.82, 2.24) is 0 Å². The van der Waals surface area contributed by atoms with Crippen LogP contribution in [0.4, 0.5) is 24.5 Å². The Balaban J connectivity index is 1.49. The molecule has 0 saturated heterocycles. The Labute approximate surface area is 179 Å². The highest BCUT2D eigenvalue weighted by Gasteiger charge is 2.30. The number of fused-ring (bicyclic) bond motifs is 1. The first kappa shape index (κ1) is 20.6. The van der Waals surface area contributed by atoms with E-state index in [0.29, 0.717) is 11.6 Å². The number of aryl methyl sites for hydroxylation is 1. The number of rotatable bonds is 5. The molecule has 1 aliphatic rings. The number of hydrogen-bond acceptors (Lipinski definition) is 2. The Hall–Kier alpha value is -2.66. The van der Waals surface area contributed by atoms with Crippen LogP contribution in [0.5, 0.6) is 0 Å². The SMILES string of the molecule is CN(Cc1ccc(C(F)(F)F)cc1)c1ccc2c(c1)C(Nc1cccc(Cl)c1)CC2. The van der Waals surface area contributed by atoms with Gasteiger partial charge in [-0.2, -0.15) is 13.2 Å². The highest BCUT2D eigenvalue weighted by Crippen LogP contribution is 2.37. The summed E-state index contributed by atoms with van der Waals surface area (Å²) in [5, 5.41) is 4.26. The maximum atomic E-state index is 12.8. The number of nitrogens with zero attached hydrogens (tertiary/aromatic N) is 1. The predicted molar refractivity (Wildman–Crippen MR) is 116 cm³/mol. The topological polar surface area (TPSA) is 15.3 Å². The van der Waals surface area contributed by atoms with E-state index < -0.39 is 11.7 Å². The second-order valence-corrected chi connectivity index (χ2v) is 8.12. The zero-order valence-corrected chi connectivity index (χ0v) is 17.3. The van der Waals surface area contributed by atoms with Crippen LogP contribution in [0.1, 0.15) is 34.7 Å². The maximum absolute atomic E-state index is 12.8. The fourth-order valence-electron chi connectivity index (χ4n) is 3.92. The van der Waals surface area contributed by atoms with Crippen LogP contribution in [0.25, 0.3) is 0 Å². The highest BCUT2D eigenvalue weighted by molar-refractivity contribution is 6.30. The van der Waals surface area contributed by atoms with E-state index >= 15 is 0 Å². The summed E-state index contributed by atoms with van der Waals surface area (Å²) in [4.78, 5) is 2.05. The van der Waals surface area contributed by atoms with Crippen molar-refractivity contribution in [3.8, 4) is 0 Å². The first-order chi connectivity index (χ1) is 14.3. The molecule has 0 radical (unpaired) electrons. The molecule has 0 amide bonds. The molecule has 0 fully saturated rings. The summed E-state index contributed by atoms with van der Waals surface area (Å²) in [6.07, 6.45) is -2.29. The lowest BCUT2D eigenvalue weighted by Gasteiger charge is -2.22. The largest absolute Gasteiger partial charge is 0.416 e. The van der Waals surface area contributed by atoms with E-state index in [9.17, 15) is 13.2 Å². The molecule has 3 aromatic carbocycles. The number of anilines is 2. The second-order valence-electron chi connectivity index (χ2n) is 7.68. The first-order valence-electron chi connectivity index (χ1n) is 9.82. The summed E-state index contributed by atoms with van der Waals surface area (Å²) in [6.45, 7) is 0.531. The Morgan fingerprint density at radius 2 is 1.80 bits per heavy atom. The van der Waals surface area contributed by atoms with Crippen molar-refractivity contribution in [3.63, 3.8) is 0 Å². The fourth-order valence-corrected chi connectivity index (χ4v) is 4.11. The summed E-state index contributed by atoms with van der Waals surface area (Å²) in [6, 6.07) is 19.6. The highest BCUT2D eigenvalue weighted by atomic mass is 35.5. The number of nitrogens with one attached hydrogen (secondary N) is 1. The summed E-state index contributed by atoms with van der Waals surface area (Å²) in [5.41, 5.74) is 4.81. The van der Waals surface area contributed by atoms with Gasteiger partial charge in [0.05, 0.1) is 11.6 Å². The maximum Gasteiger partial charge on any atom is 0.416 e. The Morgan fingerprint density at radius 1 is 1.03 bits per heavy atom. The van der Waals surface area contributed by atoms with E-state index in [4.69, 9.17) is 11.6 Å². The van der Waals surface area contributed by atoms with Crippen LogP contribution in [0.15, 0.2) is 66.7 Å². The molecule has 0 spiro atoms. The van der Waals surface area contributed by atoms with Gasteiger partial charge in [-0.3, -0.25) is 0 Å². The molecule has 0 aliphatic heterocycles. The molecule has 0 saturated carbocycles. The molecule has 1 N–H and O–H groups in total. The molecular weight excluding hydrogens is 409 g/mol. The molecule has 2 nitrogen and oxygen atoms in total. The predicted octanol–water partition coefficient (Wildman–Crippen LogP) is 7.09. The normalized spacial score (nSPS) is 15.7. The van der Waals surface area contributed by atoms with E-state index in [2.05, 4.69) is 28.4 Å². The molecule has 3 aromatic rings. The van der Waals surface area contributed by atoms with Gasteiger partial charge in [-0.1, -0.05) is 35.9 Å².